The van der Waals surface area contributed by atoms with Crippen LogP contribution in [0.5, 0.6) is 0 Å². The minimum atomic E-state index is -0.444. The molecule has 0 spiro atoms. The van der Waals surface area contributed by atoms with E-state index in [0.29, 0.717) is 10.9 Å². The van der Waals surface area contributed by atoms with Crippen LogP contribution in [0.1, 0.15) is 36.5 Å². The van der Waals surface area contributed by atoms with Crippen molar-refractivity contribution in [2.24, 2.45) is 0 Å². The summed E-state index contributed by atoms with van der Waals surface area (Å²) in [7, 11) is 0. The molecule has 1 aromatic carbocycles. The fourth-order valence-corrected chi connectivity index (χ4v) is 1.52. The predicted molar refractivity (Wildman–Crippen MR) is 58.0 cm³/mol. The Morgan fingerprint density at radius 3 is 2.79 bits per heavy atom. The molecular formula is C11H12BrFO. The summed E-state index contributed by atoms with van der Waals surface area (Å²) >= 11 is 3.15. The van der Waals surface area contributed by atoms with E-state index < -0.39 is 5.82 Å². The molecule has 0 heterocycles. The molecule has 76 valence electrons. The number of halogens is 2. The Morgan fingerprint density at radius 1 is 1.50 bits per heavy atom. The standard InChI is InChI=1S/C11H12BrFO/c1-2-3-4-11(14)9-6-5-8(12)7-10(9)13/h5-7H,2-4H2,1H3. The summed E-state index contributed by atoms with van der Waals surface area (Å²) in [5, 5.41) is 0. The molecule has 0 amide bonds. The highest BCUT2D eigenvalue weighted by molar-refractivity contribution is 9.10. The Morgan fingerprint density at radius 2 is 2.21 bits per heavy atom. The van der Waals surface area contributed by atoms with Crippen molar-refractivity contribution in [1.82, 2.24) is 0 Å². The van der Waals surface area contributed by atoms with E-state index in [9.17, 15) is 9.18 Å². The van der Waals surface area contributed by atoms with Crippen LogP contribution in [-0.4, -0.2) is 5.78 Å². The van der Waals surface area contributed by atoms with E-state index in [1.54, 1.807) is 6.07 Å². The largest absolute Gasteiger partial charge is 0.294 e. The summed E-state index contributed by atoms with van der Waals surface area (Å²) in [6.45, 7) is 2.01. The molecule has 0 fully saturated rings. The van der Waals surface area contributed by atoms with Gasteiger partial charge in [0, 0.05) is 10.9 Å². The predicted octanol–water partition coefficient (Wildman–Crippen LogP) is 3.96. The van der Waals surface area contributed by atoms with Gasteiger partial charge >= 0.3 is 0 Å². The van der Waals surface area contributed by atoms with Gasteiger partial charge in [0.15, 0.2) is 5.78 Å². The number of hydrogen-bond donors (Lipinski definition) is 0. The lowest BCUT2D eigenvalue weighted by molar-refractivity contribution is 0.0976. The number of ketones is 1. The maximum atomic E-state index is 13.3. The SMILES string of the molecule is CCCCC(=O)c1ccc(Br)cc1F. The minimum Gasteiger partial charge on any atom is -0.294 e. The van der Waals surface area contributed by atoms with Crippen LogP contribution in [0.2, 0.25) is 0 Å². The monoisotopic (exact) mass is 258 g/mol. The second-order valence-electron chi connectivity index (χ2n) is 3.15. The molecule has 0 aromatic heterocycles. The molecule has 0 saturated carbocycles. The van der Waals surface area contributed by atoms with E-state index >= 15 is 0 Å². The summed E-state index contributed by atoms with van der Waals surface area (Å²) in [5.74, 6) is -0.558. The summed E-state index contributed by atoms with van der Waals surface area (Å²) in [5.41, 5.74) is 0.196. The molecule has 0 saturated heterocycles. The van der Waals surface area contributed by atoms with Gasteiger partial charge in [0.25, 0.3) is 0 Å². The Hall–Kier alpha value is -0.700. The number of rotatable bonds is 4. The van der Waals surface area contributed by atoms with E-state index in [-0.39, 0.29) is 11.3 Å². The van der Waals surface area contributed by atoms with Crippen molar-refractivity contribution in [3.8, 4) is 0 Å². The Kier molecular flexibility index (Phi) is 4.26. The fourth-order valence-electron chi connectivity index (χ4n) is 1.19. The Labute approximate surface area is 91.5 Å². The van der Waals surface area contributed by atoms with E-state index in [1.165, 1.54) is 12.1 Å². The van der Waals surface area contributed by atoms with Crippen molar-refractivity contribution in [2.45, 2.75) is 26.2 Å². The third-order valence-electron chi connectivity index (χ3n) is 1.99. The normalized spacial score (nSPS) is 10.2. The smallest absolute Gasteiger partial charge is 0.165 e. The Balaban J connectivity index is 2.80. The summed E-state index contributed by atoms with van der Waals surface area (Å²) < 4.78 is 13.9. The number of Topliss-reactive ketones (excluding diaryl/α,β-unsaturated/α-hetero) is 1. The molecule has 0 radical (unpaired) electrons. The second kappa shape index (κ2) is 5.25. The van der Waals surface area contributed by atoms with Gasteiger partial charge in [-0.3, -0.25) is 4.79 Å². The highest BCUT2D eigenvalue weighted by atomic mass is 79.9. The van der Waals surface area contributed by atoms with Crippen LogP contribution in [0.25, 0.3) is 0 Å². The van der Waals surface area contributed by atoms with Crippen molar-refractivity contribution in [3.63, 3.8) is 0 Å². The van der Waals surface area contributed by atoms with Crippen molar-refractivity contribution in [2.75, 3.05) is 0 Å². The molecule has 0 aliphatic carbocycles. The van der Waals surface area contributed by atoms with Gasteiger partial charge in [0.2, 0.25) is 0 Å². The van der Waals surface area contributed by atoms with Crippen molar-refractivity contribution in [1.29, 1.82) is 0 Å². The number of hydrogen-bond acceptors (Lipinski definition) is 1. The lowest BCUT2D eigenvalue weighted by Crippen LogP contribution is -2.01. The highest BCUT2D eigenvalue weighted by Crippen LogP contribution is 2.17. The van der Waals surface area contributed by atoms with Crippen molar-refractivity contribution >= 4 is 21.7 Å². The molecule has 3 heteroatoms. The lowest BCUT2D eigenvalue weighted by Gasteiger charge is -2.01. The number of carbonyl (C=O) groups is 1. The second-order valence-corrected chi connectivity index (χ2v) is 4.07. The first kappa shape index (κ1) is 11.4. The molecular weight excluding hydrogens is 247 g/mol. The molecule has 0 aliphatic rings. The van der Waals surface area contributed by atoms with Crippen LogP contribution in [0.4, 0.5) is 4.39 Å². The van der Waals surface area contributed by atoms with Gasteiger partial charge < -0.3 is 0 Å². The van der Waals surface area contributed by atoms with Crippen molar-refractivity contribution < 1.29 is 9.18 Å². The van der Waals surface area contributed by atoms with Gasteiger partial charge in [-0.05, 0) is 24.6 Å². The van der Waals surface area contributed by atoms with Crippen LogP contribution in [-0.2, 0) is 0 Å². The number of carbonyl (C=O) groups excluding carboxylic acids is 1. The fraction of sp³-hybridized carbons (Fsp3) is 0.364. The van der Waals surface area contributed by atoms with E-state index in [1.807, 2.05) is 6.92 Å². The Bertz CT molecular complexity index is 336. The summed E-state index contributed by atoms with van der Waals surface area (Å²) in [4.78, 5) is 11.5. The molecule has 0 bridgehead atoms. The zero-order chi connectivity index (χ0) is 10.6. The highest BCUT2D eigenvalue weighted by Gasteiger charge is 2.10. The average molecular weight is 259 g/mol. The first-order chi connectivity index (χ1) is 6.65. The van der Waals surface area contributed by atoms with Crippen molar-refractivity contribution in [3.05, 3.63) is 34.1 Å². The van der Waals surface area contributed by atoms with Gasteiger partial charge in [-0.25, -0.2) is 4.39 Å². The number of benzene rings is 1. The van der Waals surface area contributed by atoms with Gasteiger partial charge in [0.05, 0.1) is 5.56 Å². The maximum absolute atomic E-state index is 13.3. The zero-order valence-corrected chi connectivity index (χ0v) is 9.60. The average Bonchev–Trinajstić information content (AvgIpc) is 2.14. The van der Waals surface area contributed by atoms with E-state index in [2.05, 4.69) is 15.9 Å². The quantitative estimate of drug-likeness (QED) is 0.748. The molecule has 1 nitrogen and oxygen atoms in total. The minimum absolute atomic E-state index is 0.114. The lowest BCUT2D eigenvalue weighted by atomic mass is 10.1. The topological polar surface area (TPSA) is 17.1 Å². The molecule has 0 N–H and O–H groups in total. The molecule has 1 rings (SSSR count). The summed E-state index contributed by atoms with van der Waals surface area (Å²) in [6.07, 6.45) is 2.19. The third kappa shape index (κ3) is 2.91. The van der Waals surface area contributed by atoms with Gasteiger partial charge in [-0.2, -0.15) is 0 Å². The first-order valence-electron chi connectivity index (χ1n) is 4.63. The van der Waals surface area contributed by atoms with E-state index in [0.717, 1.165) is 12.8 Å². The molecule has 0 aliphatic heterocycles. The molecule has 1 aromatic rings. The number of unbranched alkanes of at least 4 members (excludes halogenated alkanes) is 1. The zero-order valence-electron chi connectivity index (χ0n) is 8.02. The van der Waals surface area contributed by atoms with Crippen LogP contribution < -0.4 is 0 Å². The van der Waals surface area contributed by atoms with Gasteiger partial charge in [-0.15, -0.1) is 0 Å². The van der Waals surface area contributed by atoms with E-state index in [4.69, 9.17) is 0 Å². The molecule has 0 atom stereocenters. The van der Waals surface area contributed by atoms with Gasteiger partial charge in [0.1, 0.15) is 5.82 Å². The van der Waals surface area contributed by atoms with Crippen LogP contribution in [0, 0.1) is 5.82 Å². The van der Waals surface area contributed by atoms with Gasteiger partial charge in [-0.1, -0.05) is 29.3 Å². The molecule has 0 unspecified atom stereocenters. The maximum Gasteiger partial charge on any atom is 0.165 e. The van der Waals surface area contributed by atoms with Crippen LogP contribution >= 0.6 is 15.9 Å². The first-order valence-corrected chi connectivity index (χ1v) is 5.42. The third-order valence-corrected chi connectivity index (χ3v) is 2.48. The summed E-state index contributed by atoms with van der Waals surface area (Å²) in [6, 6.07) is 4.53. The van der Waals surface area contributed by atoms with Crippen LogP contribution in [0.3, 0.4) is 0 Å². The van der Waals surface area contributed by atoms with Crippen LogP contribution in [0.15, 0.2) is 22.7 Å². The molecule has 14 heavy (non-hydrogen) atoms.